The second kappa shape index (κ2) is 6.39. The van der Waals surface area contributed by atoms with E-state index in [9.17, 15) is 0 Å². The van der Waals surface area contributed by atoms with E-state index in [2.05, 4.69) is 49.2 Å². The Morgan fingerprint density at radius 1 is 1.42 bits per heavy atom. The van der Waals surface area contributed by atoms with Crippen LogP contribution in [0.4, 0.5) is 0 Å². The number of benzene rings is 1. The Balaban J connectivity index is 2.52. The van der Waals surface area contributed by atoms with E-state index in [0.29, 0.717) is 0 Å². The van der Waals surface area contributed by atoms with Crippen LogP contribution in [0.5, 0.6) is 0 Å². The van der Waals surface area contributed by atoms with Gasteiger partial charge in [-0.1, -0.05) is 33.6 Å². The first kappa shape index (κ1) is 15.0. The molecular weight excluding hydrogens is 393 g/mol. The molecule has 102 valence electrons. The Bertz CT molecular complexity index is 583. The third-order valence-corrected chi connectivity index (χ3v) is 4.40. The van der Waals surface area contributed by atoms with E-state index >= 15 is 0 Å². The number of aryl methyl sites for hydroxylation is 1. The molecule has 6 heteroatoms. The lowest BCUT2D eigenvalue weighted by molar-refractivity contribution is 0.562. The summed E-state index contributed by atoms with van der Waals surface area (Å²) in [5.41, 5.74) is 2.11. The molecule has 0 aliphatic heterocycles. The third kappa shape index (κ3) is 3.05. The fourth-order valence-corrected chi connectivity index (χ4v) is 3.39. The Labute approximate surface area is 134 Å². The van der Waals surface area contributed by atoms with E-state index in [0.717, 1.165) is 31.8 Å². The highest BCUT2D eigenvalue weighted by atomic mass is 79.9. The summed E-state index contributed by atoms with van der Waals surface area (Å²) in [7, 11) is 1.92. The number of rotatable bonds is 4. The molecule has 0 spiro atoms. The molecule has 1 atom stereocenters. The molecule has 0 bridgehead atoms. The number of aromatic nitrogens is 2. The molecule has 1 aromatic carbocycles. The summed E-state index contributed by atoms with van der Waals surface area (Å²) in [6, 6.07) is 5.92. The summed E-state index contributed by atoms with van der Waals surface area (Å²) < 4.78 is 3.91. The Kier molecular flexibility index (Phi) is 5.06. The van der Waals surface area contributed by atoms with Crippen molar-refractivity contribution in [3.63, 3.8) is 0 Å². The van der Waals surface area contributed by atoms with Crippen molar-refractivity contribution >= 4 is 43.5 Å². The molecule has 2 rings (SSSR count). The smallest absolute Gasteiger partial charge is 0.0771 e. The van der Waals surface area contributed by atoms with Gasteiger partial charge < -0.3 is 5.32 Å². The molecule has 0 aliphatic rings. The molecule has 0 amide bonds. The normalized spacial score (nSPS) is 12.7. The van der Waals surface area contributed by atoms with Gasteiger partial charge in [0.15, 0.2) is 0 Å². The summed E-state index contributed by atoms with van der Waals surface area (Å²) in [5.74, 6) is 0. The van der Waals surface area contributed by atoms with Gasteiger partial charge in [-0.2, -0.15) is 5.10 Å². The van der Waals surface area contributed by atoms with Crippen LogP contribution >= 0.6 is 43.5 Å². The fourth-order valence-electron chi connectivity index (χ4n) is 2.09. The molecule has 0 fully saturated rings. The molecule has 1 heterocycles. The van der Waals surface area contributed by atoms with Gasteiger partial charge in [-0.15, -0.1) is 0 Å². The van der Waals surface area contributed by atoms with Gasteiger partial charge in [0, 0.05) is 16.0 Å². The second-order valence-electron chi connectivity index (χ2n) is 4.08. The highest BCUT2D eigenvalue weighted by Gasteiger charge is 2.22. The van der Waals surface area contributed by atoms with E-state index in [4.69, 9.17) is 11.6 Å². The SMILES string of the molecule is CCn1ncc(Br)c1C(NC)c1ccc(Br)cc1Cl. The molecule has 0 saturated heterocycles. The van der Waals surface area contributed by atoms with Gasteiger partial charge in [0.05, 0.1) is 22.4 Å². The highest BCUT2D eigenvalue weighted by Crippen LogP contribution is 2.33. The maximum atomic E-state index is 6.35. The third-order valence-electron chi connectivity index (χ3n) is 2.97. The van der Waals surface area contributed by atoms with Crippen LogP contribution in [-0.4, -0.2) is 16.8 Å². The number of halogens is 3. The Morgan fingerprint density at radius 3 is 2.74 bits per heavy atom. The summed E-state index contributed by atoms with van der Waals surface area (Å²) in [4.78, 5) is 0. The van der Waals surface area contributed by atoms with E-state index in [1.807, 2.05) is 36.1 Å². The Hall–Kier alpha value is -0.360. The van der Waals surface area contributed by atoms with Crippen molar-refractivity contribution in [2.75, 3.05) is 7.05 Å². The average Bonchev–Trinajstić information content (AvgIpc) is 2.74. The van der Waals surface area contributed by atoms with E-state index in [1.54, 1.807) is 0 Å². The number of nitrogens with one attached hydrogen (secondary N) is 1. The van der Waals surface area contributed by atoms with Crippen LogP contribution in [0.15, 0.2) is 33.3 Å². The van der Waals surface area contributed by atoms with Crippen molar-refractivity contribution in [1.29, 1.82) is 0 Å². The van der Waals surface area contributed by atoms with Crippen LogP contribution in [0.25, 0.3) is 0 Å². The summed E-state index contributed by atoms with van der Waals surface area (Å²) in [6.45, 7) is 2.88. The maximum absolute atomic E-state index is 6.35. The topological polar surface area (TPSA) is 29.9 Å². The molecule has 2 aromatic rings. The van der Waals surface area contributed by atoms with Gasteiger partial charge in [-0.05, 0) is 47.6 Å². The van der Waals surface area contributed by atoms with Crippen LogP contribution in [-0.2, 0) is 6.54 Å². The van der Waals surface area contributed by atoms with Gasteiger partial charge in [-0.25, -0.2) is 0 Å². The lowest BCUT2D eigenvalue weighted by Gasteiger charge is -2.20. The predicted octanol–water partition coefficient (Wildman–Crippen LogP) is 4.39. The molecule has 0 saturated carbocycles. The van der Waals surface area contributed by atoms with E-state index in [1.165, 1.54) is 0 Å². The minimum Gasteiger partial charge on any atom is -0.308 e. The van der Waals surface area contributed by atoms with Crippen molar-refractivity contribution < 1.29 is 0 Å². The minimum atomic E-state index is -0.00238. The van der Waals surface area contributed by atoms with Crippen LogP contribution in [0, 0.1) is 0 Å². The molecule has 19 heavy (non-hydrogen) atoms. The molecule has 1 N–H and O–H groups in total. The van der Waals surface area contributed by atoms with E-state index in [-0.39, 0.29) is 6.04 Å². The largest absolute Gasteiger partial charge is 0.308 e. The summed E-state index contributed by atoms with van der Waals surface area (Å²) >= 11 is 13.3. The lowest BCUT2D eigenvalue weighted by Crippen LogP contribution is -2.22. The number of hydrogen-bond acceptors (Lipinski definition) is 2. The fraction of sp³-hybridized carbons (Fsp3) is 0.308. The van der Waals surface area contributed by atoms with Gasteiger partial charge in [0.2, 0.25) is 0 Å². The maximum Gasteiger partial charge on any atom is 0.0771 e. The zero-order chi connectivity index (χ0) is 14.0. The number of hydrogen-bond donors (Lipinski definition) is 1. The lowest BCUT2D eigenvalue weighted by atomic mass is 10.0. The van der Waals surface area contributed by atoms with Crippen molar-refractivity contribution in [3.8, 4) is 0 Å². The van der Waals surface area contributed by atoms with Crippen LogP contribution in [0.3, 0.4) is 0 Å². The molecule has 1 unspecified atom stereocenters. The molecule has 1 aromatic heterocycles. The van der Waals surface area contributed by atoms with Crippen LogP contribution in [0.1, 0.15) is 24.2 Å². The average molecular weight is 408 g/mol. The van der Waals surface area contributed by atoms with Crippen molar-refractivity contribution in [1.82, 2.24) is 15.1 Å². The first-order chi connectivity index (χ1) is 9.08. The van der Waals surface area contributed by atoms with Gasteiger partial charge >= 0.3 is 0 Å². The van der Waals surface area contributed by atoms with Crippen molar-refractivity contribution in [2.24, 2.45) is 0 Å². The minimum absolute atomic E-state index is 0.00238. The summed E-state index contributed by atoms with van der Waals surface area (Å²) in [6.07, 6.45) is 1.82. The zero-order valence-corrected chi connectivity index (χ0v) is 14.6. The molecule has 0 aliphatic carbocycles. The summed E-state index contributed by atoms with van der Waals surface area (Å²) in [5, 5.41) is 8.39. The van der Waals surface area contributed by atoms with E-state index < -0.39 is 0 Å². The van der Waals surface area contributed by atoms with Gasteiger partial charge in [0.1, 0.15) is 0 Å². The van der Waals surface area contributed by atoms with Crippen LogP contribution in [0.2, 0.25) is 5.02 Å². The van der Waals surface area contributed by atoms with Crippen molar-refractivity contribution in [2.45, 2.75) is 19.5 Å². The zero-order valence-electron chi connectivity index (χ0n) is 10.6. The standard InChI is InChI=1S/C13H14Br2ClN3/c1-3-19-13(10(15)7-18-19)12(17-2)9-5-4-8(14)6-11(9)16/h4-7,12,17H,3H2,1-2H3. The predicted molar refractivity (Wildman–Crippen MR) is 85.7 cm³/mol. The molecule has 0 radical (unpaired) electrons. The molecule has 3 nitrogen and oxygen atoms in total. The second-order valence-corrected chi connectivity index (χ2v) is 6.26. The first-order valence-electron chi connectivity index (χ1n) is 5.91. The monoisotopic (exact) mass is 405 g/mol. The highest BCUT2D eigenvalue weighted by molar-refractivity contribution is 9.10. The first-order valence-corrected chi connectivity index (χ1v) is 7.88. The quantitative estimate of drug-likeness (QED) is 0.815. The van der Waals surface area contributed by atoms with Crippen LogP contribution < -0.4 is 5.32 Å². The van der Waals surface area contributed by atoms with Gasteiger partial charge in [0.25, 0.3) is 0 Å². The van der Waals surface area contributed by atoms with Crippen molar-refractivity contribution in [3.05, 3.63) is 49.6 Å². The Morgan fingerprint density at radius 2 is 2.16 bits per heavy atom. The molecular formula is C13H14Br2ClN3. The number of nitrogens with zero attached hydrogens (tertiary/aromatic N) is 2. The van der Waals surface area contributed by atoms with Gasteiger partial charge in [-0.3, -0.25) is 4.68 Å².